The van der Waals surface area contributed by atoms with Crippen LogP contribution in [0.5, 0.6) is 0 Å². The fraction of sp³-hybridized carbons (Fsp3) is 0.217. The zero-order chi connectivity index (χ0) is 25.2. The minimum absolute atomic E-state index is 0.0447. The molecule has 0 unspecified atom stereocenters. The Morgan fingerprint density at radius 2 is 1.77 bits per heavy atom. The second-order valence-electron chi connectivity index (χ2n) is 7.71. The fourth-order valence-electron chi connectivity index (χ4n) is 3.30. The molecule has 0 aliphatic carbocycles. The first-order chi connectivity index (χ1) is 16.5. The highest BCUT2D eigenvalue weighted by atomic mass is 35.5. The van der Waals surface area contributed by atoms with Crippen molar-refractivity contribution in [3.05, 3.63) is 70.4 Å². The van der Waals surface area contributed by atoms with Crippen molar-refractivity contribution in [2.24, 2.45) is 0 Å². The number of anilines is 2. The van der Waals surface area contributed by atoms with Gasteiger partial charge in [-0.05, 0) is 52.2 Å². The summed E-state index contributed by atoms with van der Waals surface area (Å²) in [6.45, 7) is 0.713. The Morgan fingerprint density at radius 1 is 1.00 bits per heavy atom. The Morgan fingerprint density at radius 3 is 2.40 bits per heavy atom. The van der Waals surface area contributed by atoms with Gasteiger partial charge in [0, 0.05) is 11.3 Å². The van der Waals surface area contributed by atoms with Gasteiger partial charge in [0.25, 0.3) is 5.91 Å². The van der Waals surface area contributed by atoms with E-state index in [1.165, 1.54) is 29.5 Å². The molecule has 1 aromatic heterocycles. The van der Waals surface area contributed by atoms with Crippen LogP contribution in [0.25, 0.3) is 11.1 Å². The van der Waals surface area contributed by atoms with Crippen LogP contribution >= 0.6 is 34.5 Å². The summed E-state index contributed by atoms with van der Waals surface area (Å²) in [5.74, 6) is -0.642. The topological polar surface area (TPSA) is 79.5 Å². The second-order valence-corrected chi connectivity index (χ2v) is 9.82. The van der Waals surface area contributed by atoms with Crippen LogP contribution in [0.4, 0.5) is 29.3 Å². The van der Waals surface area contributed by atoms with Gasteiger partial charge in [-0.1, -0.05) is 41.4 Å². The highest BCUT2D eigenvalue weighted by molar-refractivity contribution is 7.08. The Bertz CT molecular complexity index is 1230. The monoisotopic (exact) mass is 543 g/mol. The molecule has 6 nitrogen and oxygen atoms in total. The zero-order valence-electron chi connectivity index (χ0n) is 17.8. The van der Waals surface area contributed by atoms with E-state index in [9.17, 15) is 22.8 Å². The van der Waals surface area contributed by atoms with Gasteiger partial charge in [-0.2, -0.15) is 24.5 Å². The number of carbonyl (C=O) groups excluding carboxylic acids is 2. The first kappa shape index (κ1) is 25.3. The highest BCUT2D eigenvalue weighted by Gasteiger charge is 2.38. The number of halogens is 5. The number of carbonyl (C=O) groups is 2. The standard InChI is InChI=1S/C23H18Cl2F3N3O3S/c24-22(25,20(32)29-17-10-34-11-17)14-4-5-18(13-6-7-35-12-13)19(9-14)31-21(33)30-16-3-1-2-15(8-16)23(26,27)28/h1-9,12,17H,10-11H2,(H,29,32)(H2,30,31,33). The van der Waals surface area contributed by atoms with Gasteiger partial charge < -0.3 is 20.7 Å². The second kappa shape index (κ2) is 10.1. The maximum atomic E-state index is 13.0. The van der Waals surface area contributed by atoms with Crippen molar-refractivity contribution in [1.82, 2.24) is 5.32 Å². The van der Waals surface area contributed by atoms with E-state index in [-0.39, 0.29) is 23.0 Å². The summed E-state index contributed by atoms with van der Waals surface area (Å²) < 4.78 is 42.1. The molecule has 3 N–H and O–H groups in total. The fourth-order valence-corrected chi connectivity index (χ4v) is 4.30. The van der Waals surface area contributed by atoms with Crippen LogP contribution in [0, 0.1) is 0 Å². The van der Waals surface area contributed by atoms with E-state index in [2.05, 4.69) is 16.0 Å². The van der Waals surface area contributed by atoms with Gasteiger partial charge in [-0.25, -0.2) is 4.79 Å². The van der Waals surface area contributed by atoms with Gasteiger partial charge in [-0.15, -0.1) is 0 Å². The predicted octanol–water partition coefficient (Wildman–Crippen LogP) is 6.22. The van der Waals surface area contributed by atoms with Crippen molar-refractivity contribution in [2.75, 3.05) is 23.8 Å². The summed E-state index contributed by atoms with van der Waals surface area (Å²) >= 11 is 14.2. The molecule has 1 aliphatic heterocycles. The molecule has 35 heavy (non-hydrogen) atoms. The molecule has 2 aromatic carbocycles. The van der Waals surface area contributed by atoms with Gasteiger partial charge in [0.15, 0.2) is 0 Å². The minimum Gasteiger partial charge on any atom is -0.377 e. The number of thiophene rings is 1. The Kier molecular flexibility index (Phi) is 7.27. The molecule has 184 valence electrons. The minimum atomic E-state index is -4.55. The van der Waals surface area contributed by atoms with E-state index in [0.717, 1.165) is 17.7 Å². The number of alkyl halides is 5. The van der Waals surface area contributed by atoms with E-state index in [1.54, 1.807) is 12.1 Å². The molecule has 12 heteroatoms. The quantitative estimate of drug-likeness (QED) is 0.323. The van der Waals surface area contributed by atoms with Crippen molar-refractivity contribution in [2.45, 2.75) is 16.6 Å². The average Bonchev–Trinajstić information content (AvgIpc) is 3.30. The first-order valence-electron chi connectivity index (χ1n) is 10.2. The molecule has 3 aromatic rings. The maximum Gasteiger partial charge on any atom is 0.416 e. The largest absolute Gasteiger partial charge is 0.416 e. The maximum absolute atomic E-state index is 13.0. The van der Waals surface area contributed by atoms with Crippen LogP contribution in [-0.4, -0.2) is 31.2 Å². The lowest BCUT2D eigenvalue weighted by Gasteiger charge is -2.30. The molecule has 4 rings (SSSR count). The predicted molar refractivity (Wildman–Crippen MR) is 130 cm³/mol. The molecular weight excluding hydrogens is 526 g/mol. The number of rotatable bonds is 6. The number of amides is 3. The third kappa shape index (κ3) is 5.90. The molecule has 2 heterocycles. The molecule has 0 bridgehead atoms. The first-order valence-corrected chi connectivity index (χ1v) is 11.9. The smallest absolute Gasteiger partial charge is 0.377 e. The third-order valence-electron chi connectivity index (χ3n) is 5.17. The number of hydrogen-bond donors (Lipinski definition) is 3. The van der Waals surface area contributed by atoms with Crippen LogP contribution < -0.4 is 16.0 Å². The molecule has 1 fully saturated rings. The van der Waals surface area contributed by atoms with Crippen molar-refractivity contribution in [3.63, 3.8) is 0 Å². The van der Waals surface area contributed by atoms with E-state index in [0.29, 0.717) is 18.8 Å². The number of urea groups is 1. The van der Waals surface area contributed by atoms with Crippen LogP contribution in [0.1, 0.15) is 11.1 Å². The van der Waals surface area contributed by atoms with E-state index >= 15 is 0 Å². The van der Waals surface area contributed by atoms with E-state index in [1.807, 2.05) is 16.8 Å². The molecule has 1 aliphatic rings. The normalized spacial score (nSPS) is 14.2. The summed E-state index contributed by atoms with van der Waals surface area (Å²) in [5.41, 5.74) is 0.903. The Labute approximate surface area is 212 Å². The number of benzene rings is 2. The summed E-state index contributed by atoms with van der Waals surface area (Å²) in [7, 11) is 0. The molecule has 1 saturated heterocycles. The molecule has 0 saturated carbocycles. The van der Waals surface area contributed by atoms with Gasteiger partial charge in [0.2, 0.25) is 4.33 Å². The Hall–Kier alpha value is -2.79. The molecule has 0 atom stereocenters. The lowest BCUT2D eigenvalue weighted by molar-refractivity contribution is -0.137. The van der Waals surface area contributed by atoms with Gasteiger partial charge in [0.1, 0.15) is 0 Å². The van der Waals surface area contributed by atoms with Crippen LogP contribution in [0.15, 0.2) is 59.3 Å². The van der Waals surface area contributed by atoms with Crippen molar-refractivity contribution >= 4 is 57.9 Å². The molecule has 0 radical (unpaired) electrons. The van der Waals surface area contributed by atoms with Crippen molar-refractivity contribution < 1.29 is 27.5 Å². The van der Waals surface area contributed by atoms with Gasteiger partial charge in [-0.3, -0.25) is 4.79 Å². The highest BCUT2D eigenvalue weighted by Crippen LogP contribution is 2.39. The molecule has 0 spiro atoms. The van der Waals surface area contributed by atoms with Crippen LogP contribution in [0.3, 0.4) is 0 Å². The number of ether oxygens (including phenoxy) is 1. The third-order valence-corrected chi connectivity index (χ3v) is 6.63. The number of nitrogens with one attached hydrogen (secondary N) is 3. The van der Waals surface area contributed by atoms with E-state index in [4.69, 9.17) is 27.9 Å². The number of hydrogen-bond acceptors (Lipinski definition) is 4. The van der Waals surface area contributed by atoms with Crippen molar-refractivity contribution in [1.29, 1.82) is 0 Å². The molecular formula is C23H18Cl2F3N3O3S. The summed E-state index contributed by atoms with van der Waals surface area (Å²) in [5, 5.41) is 11.4. The summed E-state index contributed by atoms with van der Waals surface area (Å²) in [6.07, 6.45) is -4.55. The van der Waals surface area contributed by atoms with Crippen LogP contribution in [-0.2, 0) is 20.0 Å². The summed E-state index contributed by atoms with van der Waals surface area (Å²) in [4.78, 5) is 25.3. The SMILES string of the molecule is O=C(Nc1cccc(C(F)(F)F)c1)Nc1cc(C(Cl)(Cl)C(=O)NC2COC2)ccc1-c1ccsc1. The average molecular weight is 544 g/mol. The molecule has 3 amide bonds. The van der Waals surface area contributed by atoms with Gasteiger partial charge in [0.05, 0.1) is 30.5 Å². The van der Waals surface area contributed by atoms with Gasteiger partial charge >= 0.3 is 12.2 Å². The van der Waals surface area contributed by atoms with E-state index < -0.39 is 28.0 Å². The Balaban J connectivity index is 1.59. The summed E-state index contributed by atoms with van der Waals surface area (Å²) in [6, 6.07) is 9.78. The lowest BCUT2D eigenvalue weighted by Crippen LogP contribution is -2.52. The van der Waals surface area contributed by atoms with Crippen molar-refractivity contribution in [3.8, 4) is 11.1 Å². The van der Waals surface area contributed by atoms with Crippen LogP contribution in [0.2, 0.25) is 0 Å². The lowest BCUT2D eigenvalue weighted by atomic mass is 10.0. The zero-order valence-corrected chi connectivity index (χ0v) is 20.1.